The van der Waals surface area contributed by atoms with E-state index in [1.54, 1.807) is 6.92 Å². The highest BCUT2D eigenvalue weighted by Crippen LogP contribution is 2.18. The maximum atomic E-state index is 9.14. The largest absolute Gasteiger partial charge is 0.392 e. The Bertz CT molecular complexity index is 469. The molecule has 0 bridgehead atoms. The van der Waals surface area contributed by atoms with Crippen molar-refractivity contribution in [1.82, 2.24) is 19.9 Å². The van der Waals surface area contributed by atoms with Crippen LogP contribution in [0.4, 0.5) is 5.82 Å². The van der Waals surface area contributed by atoms with Gasteiger partial charge in [0.2, 0.25) is 5.28 Å². The number of aromatic nitrogens is 4. The van der Waals surface area contributed by atoms with Crippen molar-refractivity contribution >= 4 is 28.6 Å². The van der Waals surface area contributed by atoms with Gasteiger partial charge in [0.15, 0.2) is 11.5 Å². The zero-order valence-corrected chi connectivity index (χ0v) is 8.78. The molecule has 1 atom stereocenters. The second-order valence-corrected chi connectivity index (χ2v) is 3.51. The van der Waals surface area contributed by atoms with E-state index in [9.17, 15) is 0 Å². The summed E-state index contributed by atoms with van der Waals surface area (Å²) in [6.45, 7) is 2.07. The topological polar surface area (TPSA) is 86.7 Å². The Kier molecular flexibility index (Phi) is 2.70. The van der Waals surface area contributed by atoms with Crippen LogP contribution in [0.25, 0.3) is 11.2 Å². The number of aromatic amines is 1. The van der Waals surface area contributed by atoms with Crippen molar-refractivity contribution in [2.24, 2.45) is 0 Å². The molecule has 2 aromatic heterocycles. The van der Waals surface area contributed by atoms with Crippen molar-refractivity contribution in [2.75, 3.05) is 11.9 Å². The van der Waals surface area contributed by atoms with E-state index in [-0.39, 0.29) is 5.28 Å². The minimum atomic E-state index is -0.461. The maximum absolute atomic E-state index is 9.14. The molecule has 0 amide bonds. The van der Waals surface area contributed by atoms with E-state index in [1.807, 2.05) is 0 Å². The second kappa shape index (κ2) is 4.00. The van der Waals surface area contributed by atoms with E-state index in [0.717, 1.165) is 0 Å². The smallest absolute Gasteiger partial charge is 0.226 e. The second-order valence-electron chi connectivity index (χ2n) is 3.17. The zero-order chi connectivity index (χ0) is 10.8. The molecule has 2 heterocycles. The number of nitrogens with one attached hydrogen (secondary N) is 2. The van der Waals surface area contributed by atoms with Crippen molar-refractivity contribution in [2.45, 2.75) is 13.0 Å². The van der Waals surface area contributed by atoms with Gasteiger partial charge in [0.05, 0.1) is 12.4 Å². The number of aliphatic hydroxyl groups is 1. The summed E-state index contributed by atoms with van der Waals surface area (Å²) >= 11 is 5.72. The molecule has 3 N–H and O–H groups in total. The quantitative estimate of drug-likeness (QED) is 0.676. The first-order chi connectivity index (χ1) is 7.16. The first kappa shape index (κ1) is 10.1. The third-order valence-electron chi connectivity index (χ3n) is 1.82. The average molecular weight is 228 g/mol. The third kappa shape index (κ3) is 2.16. The molecule has 7 heteroatoms. The van der Waals surface area contributed by atoms with E-state index >= 15 is 0 Å². The fourth-order valence-corrected chi connectivity index (χ4v) is 1.34. The highest BCUT2D eigenvalue weighted by Gasteiger charge is 2.08. The van der Waals surface area contributed by atoms with Gasteiger partial charge < -0.3 is 15.4 Å². The Morgan fingerprint density at radius 1 is 1.60 bits per heavy atom. The minimum Gasteiger partial charge on any atom is -0.392 e. The number of rotatable bonds is 3. The van der Waals surface area contributed by atoms with Crippen LogP contribution in [0.15, 0.2) is 6.33 Å². The summed E-state index contributed by atoms with van der Waals surface area (Å²) in [4.78, 5) is 14.8. The molecule has 0 aromatic carbocycles. The number of aliphatic hydroxyl groups excluding tert-OH is 1. The molecule has 0 aliphatic heterocycles. The van der Waals surface area contributed by atoms with Crippen LogP contribution in [0.2, 0.25) is 5.28 Å². The lowest BCUT2D eigenvalue weighted by molar-refractivity contribution is 0.208. The fourth-order valence-electron chi connectivity index (χ4n) is 1.18. The van der Waals surface area contributed by atoms with Gasteiger partial charge in [-0.1, -0.05) is 0 Å². The summed E-state index contributed by atoms with van der Waals surface area (Å²) in [5, 5.41) is 12.2. The average Bonchev–Trinajstić information content (AvgIpc) is 2.61. The van der Waals surface area contributed by atoms with Crippen molar-refractivity contribution in [3.8, 4) is 0 Å². The highest BCUT2D eigenvalue weighted by molar-refractivity contribution is 6.28. The Hall–Kier alpha value is -1.40. The summed E-state index contributed by atoms with van der Waals surface area (Å²) in [6.07, 6.45) is 1.06. The van der Waals surface area contributed by atoms with Crippen LogP contribution < -0.4 is 5.32 Å². The molecule has 80 valence electrons. The molecular weight excluding hydrogens is 218 g/mol. The normalized spacial score (nSPS) is 13.0. The van der Waals surface area contributed by atoms with Crippen molar-refractivity contribution in [1.29, 1.82) is 0 Å². The van der Waals surface area contributed by atoms with Crippen LogP contribution in [0, 0.1) is 0 Å². The lowest BCUT2D eigenvalue weighted by atomic mass is 10.4. The summed E-state index contributed by atoms with van der Waals surface area (Å²) in [5.74, 6) is 0.545. The van der Waals surface area contributed by atoms with E-state index in [0.29, 0.717) is 23.5 Å². The molecule has 0 radical (unpaired) electrons. The molecule has 1 unspecified atom stereocenters. The van der Waals surface area contributed by atoms with Gasteiger partial charge in [-0.05, 0) is 18.5 Å². The summed E-state index contributed by atoms with van der Waals surface area (Å²) in [5.41, 5.74) is 1.18. The lowest BCUT2D eigenvalue weighted by Crippen LogP contribution is -2.16. The monoisotopic (exact) mass is 227 g/mol. The van der Waals surface area contributed by atoms with Crippen molar-refractivity contribution in [3.05, 3.63) is 11.6 Å². The summed E-state index contributed by atoms with van der Waals surface area (Å²) < 4.78 is 0. The molecule has 15 heavy (non-hydrogen) atoms. The lowest BCUT2D eigenvalue weighted by Gasteiger charge is -2.07. The predicted molar refractivity (Wildman–Crippen MR) is 56.9 cm³/mol. The van der Waals surface area contributed by atoms with Gasteiger partial charge in [0, 0.05) is 6.54 Å². The molecule has 0 fully saturated rings. The van der Waals surface area contributed by atoms with Crippen LogP contribution in [-0.2, 0) is 0 Å². The molecular formula is C8H10ClN5O. The number of imidazole rings is 1. The third-order valence-corrected chi connectivity index (χ3v) is 1.99. The Morgan fingerprint density at radius 3 is 3.13 bits per heavy atom. The maximum Gasteiger partial charge on any atom is 0.226 e. The van der Waals surface area contributed by atoms with Gasteiger partial charge in [0.25, 0.3) is 0 Å². The van der Waals surface area contributed by atoms with Crippen LogP contribution in [0.5, 0.6) is 0 Å². The minimum absolute atomic E-state index is 0.127. The molecule has 0 aliphatic rings. The van der Waals surface area contributed by atoms with E-state index in [1.165, 1.54) is 6.33 Å². The van der Waals surface area contributed by atoms with Crippen LogP contribution in [-0.4, -0.2) is 37.7 Å². The van der Waals surface area contributed by atoms with E-state index in [4.69, 9.17) is 16.7 Å². The number of fused-ring (bicyclic) bond motifs is 1. The Morgan fingerprint density at radius 2 is 2.40 bits per heavy atom. The standard InChI is InChI=1S/C8H10ClN5O/c1-4(15)2-10-6-5-7(12-3-11-5)14-8(9)13-6/h3-4,15H,2H2,1H3,(H2,10,11,12,13,14). The van der Waals surface area contributed by atoms with Gasteiger partial charge in [-0.15, -0.1) is 0 Å². The number of H-pyrrole nitrogens is 1. The van der Waals surface area contributed by atoms with Gasteiger partial charge in [0.1, 0.15) is 5.52 Å². The first-order valence-corrected chi connectivity index (χ1v) is 4.83. The van der Waals surface area contributed by atoms with Crippen molar-refractivity contribution < 1.29 is 5.11 Å². The van der Waals surface area contributed by atoms with Gasteiger partial charge >= 0.3 is 0 Å². The van der Waals surface area contributed by atoms with Gasteiger partial charge in [-0.2, -0.15) is 9.97 Å². The molecule has 2 rings (SSSR count). The van der Waals surface area contributed by atoms with Crippen LogP contribution in [0.1, 0.15) is 6.92 Å². The molecule has 0 aliphatic carbocycles. The molecule has 0 spiro atoms. The summed E-state index contributed by atoms with van der Waals surface area (Å²) in [7, 11) is 0. The van der Waals surface area contributed by atoms with Crippen LogP contribution in [0.3, 0.4) is 0 Å². The van der Waals surface area contributed by atoms with Gasteiger partial charge in [-0.3, -0.25) is 0 Å². The van der Waals surface area contributed by atoms with Crippen LogP contribution >= 0.6 is 11.6 Å². The molecule has 0 saturated heterocycles. The van der Waals surface area contributed by atoms with E-state index in [2.05, 4.69) is 25.3 Å². The number of hydrogen-bond acceptors (Lipinski definition) is 5. The predicted octanol–water partition coefficient (Wildman–Crippen LogP) is 0.799. The Balaban J connectivity index is 2.35. The number of hydrogen-bond donors (Lipinski definition) is 3. The Labute approximate surface area is 90.7 Å². The zero-order valence-electron chi connectivity index (χ0n) is 8.03. The molecule has 6 nitrogen and oxygen atoms in total. The molecule has 2 aromatic rings. The highest BCUT2D eigenvalue weighted by atomic mass is 35.5. The fraction of sp³-hybridized carbons (Fsp3) is 0.375. The number of halogens is 1. The summed E-state index contributed by atoms with van der Waals surface area (Å²) in [6, 6.07) is 0. The SMILES string of the molecule is CC(O)CNc1nc(Cl)nc2nc[nH]c12. The van der Waals surface area contributed by atoms with Crippen molar-refractivity contribution in [3.63, 3.8) is 0 Å². The number of nitrogens with zero attached hydrogens (tertiary/aromatic N) is 3. The van der Waals surface area contributed by atoms with E-state index < -0.39 is 6.10 Å². The first-order valence-electron chi connectivity index (χ1n) is 4.45. The van der Waals surface area contributed by atoms with Gasteiger partial charge in [-0.25, -0.2) is 4.98 Å². The molecule has 0 saturated carbocycles. The number of anilines is 1.